The number of carbonyl (C=O) groups is 2. The molecule has 1 aliphatic rings. The lowest BCUT2D eigenvalue weighted by Crippen LogP contribution is -2.48. The Morgan fingerprint density at radius 2 is 1.74 bits per heavy atom. The van der Waals surface area contributed by atoms with E-state index in [4.69, 9.17) is 10.8 Å². The average Bonchev–Trinajstić information content (AvgIpc) is 3.42. The Balaban J connectivity index is 1.22. The van der Waals surface area contributed by atoms with E-state index in [-0.39, 0.29) is 29.4 Å². The van der Waals surface area contributed by atoms with E-state index in [2.05, 4.69) is 66.3 Å². The van der Waals surface area contributed by atoms with Gasteiger partial charge in [-0.2, -0.15) is 5.10 Å². The highest BCUT2D eigenvalue weighted by atomic mass is 16.3. The van der Waals surface area contributed by atoms with Crippen LogP contribution in [0.3, 0.4) is 0 Å². The van der Waals surface area contributed by atoms with Gasteiger partial charge in [0.05, 0.1) is 23.1 Å². The van der Waals surface area contributed by atoms with Crippen LogP contribution < -0.4 is 11.1 Å². The van der Waals surface area contributed by atoms with Crippen LogP contribution in [0.4, 0.5) is 0 Å². The van der Waals surface area contributed by atoms with Crippen molar-refractivity contribution in [3.8, 4) is 22.7 Å². The lowest BCUT2D eigenvalue weighted by Gasteiger charge is -2.31. The van der Waals surface area contributed by atoms with E-state index in [0.717, 1.165) is 41.3 Å². The number of hydrogen-bond donors (Lipinski definition) is 3. The van der Waals surface area contributed by atoms with Gasteiger partial charge in [-0.05, 0) is 91.4 Å². The summed E-state index contributed by atoms with van der Waals surface area (Å²) >= 11 is 0. The first kappa shape index (κ1) is 30.1. The minimum Gasteiger partial charge on any atom is -0.508 e. The summed E-state index contributed by atoms with van der Waals surface area (Å²) in [5.41, 5.74) is 12.1. The summed E-state index contributed by atoms with van der Waals surface area (Å²) in [6, 6.07) is 20.3. The number of nitrogens with two attached hydrogens (primary N) is 1. The van der Waals surface area contributed by atoms with Crippen LogP contribution in [0.25, 0.3) is 16.9 Å². The number of piperidine rings is 1. The molecule has 3 heterocycles. The van der Waals surface area contributed by atoms with Crippen LogP contribution >= 0.6 is 0 Å². The Bertz CT molecular complexity index is 1530. The number of rotatable bonds is 8. The van der Waals surface area contributed by atoms with E-state index in [9.17, 15) is 14.7 Å². The second-order valence-corrected chi connectivity index (χ2v) is 12.4. The number of phenols is 1. The van der Waals surface area contributed by atoms with Crippen LogP contribution in [-0.4, -0.2) is 55.7 Å². The van der Waals surface area contributed by atoms with Crippen molar-refractivity contribution in [3.05, 3.63) is 95.9 Å². The summed E-state index contributed by atoms with van der Waals surface area (Å²) in [7, 11) is 0. The monoisotopic (exact) mass is 580 g/mol. The second-order valence-electron chi connectivity index (χ2n) is 12.4. The fraction of sp³-hybridized carbons (Fsp3) is 0.353. The van der Waals surface area contributed by atoms with E-state index in [0.29, 0.717) is 19.4 Å². The van der Waals surface area contributed by atoms with Gasteiger partial charge in [0, 0.05) is 30.4 Å². The van der Waals surface area contributed by atoms with Gasteiger partial charge in [0.25, 0.3) is 0 Å². The molecule has 0 radical (unpaired) electrons. The fourth-order valence-corrected chi connectivity index (χ4v) is 5.39. The lowest BCUT2D eigenvalue weighted by molar-refractivity contribution is -0.134. The highest BCUT2D eigenvalue weighted by Gasteiger charge is 2.28. The number of aromatic hydroxyl groups is 1. The number of phenolic OH excluding ortho intramolecular Hbond substituents is 1. The van der Waals surface area contributed by atoms with Crippen molar-refractivity contribution in [2.45, 2.75) is 58.0 Å². The van der Waals surface area contributed by atoms with Crippen molar-refractivity contribution in [3.63, 3.8) is 0 Å². The van der Waals surface area contributed by atoms with Crippen molar-refractivity contribution in [2.24, 2.45) is 11.7 Å². The molecule has 1 saturated heterocycles. The molecule has 0 unspecified atom stereocenters. The van der Waals surface area contributed by atoms with Gasteiger partial charge in [-0.1, -0.05) is 45.0 Å². The molecular formula is C34H40N6O3. The quantitative estimate of drug-likeness (QED) is 0.283. The van der Waals surface area contributed by atoms with E-state index < -0.39 is 11.9 Å². The van der Waals surface area contributed by atoms with Gasteiger partial charge in [-0.25, -0.2) is 4.68 Å². The number of likely N-dealkylation sites (tertiary alicyclic amines) is 1. The maximum Gasteiger partial charge on any atom is 0.243 e. The molecule has 9 nitrogen and oxygen atoms in total. The Kier molecular flexibility index (Phi) is 9.03. The zero-order chi connectivity index (χ0) is 30.6. The van der Waals surface area contributed by atoms with Crippen molar-refractivity contribution >= 4 is 11.8 Å². The van der Waals surface area contributed by atoms with Crippen LogP contribution in [-0.2, 0) is 28.0 Å². The summed E-state index contributed by atoms with van der Waals surface area (Å²) in [6.07, 6.45) is 5.16. The number of benzene rings is 2. The standard InChI is InChI=1S/C34H40N6O3/c1-34(2,3)26-8-10-27(11-9-26)40-28(20-31(38-40)25-5-4-16-36-21-25)22-39-17-14-24(15-18-39)32(42)37-33(43)30(35)19-23-6-12-29(41)13-7-23/h4-13,16,20-21,24,30,41H,14-15,17-19,22,35H2,1-3H3,(H,37,42,43)/t30-/m0/s1. The number of aromatic nitrogens is 3. The molecule has 5 rings (SSSR count). The number of nitrogens with one attached hydrogen (secondary N) is 1. The van der Waals surface area contributed by atoms with E-state index >= 15 is 0 Å². The van der Waals surface area contributed by atoms with Gasteiger partial charge in [0.1, 0.15) is 5.75 Å². The highest BCUT2D eigenvalue weighted by Crippen LogP contribution is 2.27. The Morgan fingerprint density at radius 1 is 1.05 bits per heavy atom. The van der Waals surface area contributed by atoms with Gasteiger partial charge < -0.3 is 10.8 Å². The molecule has 9 heteroatoms. The largest absolute Gasteiger partial charge is 0.508 e. The molecule has 2 aromatic heterocycles. The molecule has 0 aliphatic carbocycles. The molecule has 43 heavy (non-hydrogen) atoms. The highest BCUT2D eigenvalue weighted by molar-refractivity contribution is 5.98. The number of imide groups is 1. The third-order valence-corrected chi connectivity index (χ3v) is 8.04. The van der Waals surface area contributed by atoms with Crippen LogP contribution in [0.1, 0.15) is 50.4 Å². The smallest absolute Gasteiger partial charge is 0.243 e. The molecule has 2 amide bonds. The van der Waals surface area contributed by atoms with E-state index in [1.165, 1.54) is 5.56 Å². The first-order valence-corrected chi connectivity index (χ1v) is 14.8. The molecule has 0 saturated carbocycles. The Labute approximate surface area is 252 Å². The SMILES string of the molecule is CC(C)(C)c1ccc(-n2nc(-c3cccnc3)cc2CN2CCC(C(=O)NC(=O)[C@@H](N)Cc3ccc(O)cc3)CC2)cc1. The topological polar surface area (TPSA) is 126 Å². The fourth-order valence-electron chi connectivity index (χ4n) is 5.39. The maximum absolute atomic E-state index is 12.9. The van der Waals surface area contributed by atoms with Crippen LogP contribution in [0.5, 0.6) is 5.75 Å². The third-order valence-electron chi connectivity index (χ3n) is 8.04. The summed E-state index contributed by atoms with van der Waals surface area (Å²) in [6.45, 7) is 8.74. The minimum atomic E-state index is -0.847. The first-order valence-electron chi connectivity index (χ1n) is 14.8. The van der Waals surface area contributed by atoms with Crippen molar-refractivity contribution in [2.75, 3.05) is 13.1 Å². The normalized spacial score (nSPS) is 15.3. The molecule has 1 fully saturated rings. The number of hydrogen-bond acceptors (Lipinski definition) is 7. The zero-order valence-electron chi connectivity index (χ0n) is 25.0. The summed E-state index contributed by atoms with van der Waals surface area (Å²) in [4.78, 5) is 32.1. The van der Waals surface area contributed by atoms with Gasteiger partial charge in [0.15, 0.2) is 0 Å². The lowest BCUT2D eigenvalue weighted by atomic mass is 9.87. The van der Waals surface area contributed by atoms with Crippen LogP contribution in [0.15, 0.2) is 79.1 Å². The summed E-state index contributed by atoms with van der Waals surface area (Å²) in [5, 5.41) is 16.9. The van der Waals surface area contributed by atoms with Crippen LogP contribution in [0, 0.1) is 5.92 Å². The minimum absolute atomic E-state index is 0.0609. The third kappa shape index (κ3) is 7.55. The predicted molar refractivity (Wildman–Crippen MR) is 166 cm³/mol. The molecular weight excluding hydrogens is 540 g/mol. The van der Waals surface area contributed by atoms with Gasteiger partial charge in [0.2, 0.25) is 11.8 Å². The second kappa shape index (κ2) is 12.9. The first-order chi connectivity index (χ1) is 20.6. The van der Waals surface area contributed by atoms with Gasteiger partial charge in [-0.3, -0.25) is 24.8 Å². The Hall–Kier alpha value is -4.34. The van der Waals surface area contributed by atoms with Gasteiger partial charge >= 0.3 is 0 Å². The summed E-state index contributed by atoms with van der Waals surface area (Å²) in [5.74, 6) is -0.850. The van der Waals surface area contributed by atoms with Gasteiger partial charge in [-0.15, -0.1) is 0 Å². The van der Waals surface area contributed by atoms with Crippen molar-refractivity contribution in [1.82, 2.24) is 25.0 Å². The van der Waals surface area contributed by atoms with Crippen molar-refractivity contribution in [1.29, 1.82) is 0 Å². The predicted octanol–water partition coefficient (Wildman–Crippen LogP) is 4.36. The number of carbonyl (C=O) groups excluding carboxylic acids is 2. The number of pyridine rings is 1. The molecule has 4 N–H and O–H groups in total. The van der Waals surface area contributed by atoms with Crippen molar-refractivity contribution < 1.29 is 14.7 Å². The molecule has 4 aromatic rings. The molecule has 0 bridgehead atoms. The maximum atomic E-state index is 12.9. The molecule has 2 aromatic carbocycles. The Morgan fingerprint density at radius 3 is 2.37 bits per heavy atom. The average molecular weight is 581 g/mol. The molecule has 0 spiro atoms. The number of nitrogens with zero attached hydrogens (tertiary/aromatic N) is 4. The zero-order valence-corrected chi connectivity index (χ0v) is 25.0. The molecule has 1 atom stereocenters. The van der Waals surface area contributed by atoms with Crippen LogP contribution in [0.2, 0.25) is 0 Å². The molecule has 1 aliphatic heterocycles. The number of amides is 2. The van der Waals surface area contributed by atoms with E-state index in [1.54, 1.807) is 30.5 Å². The summed E-state index contributed by atoms with van der Waals surface area (Å²) < 4.78 is 2.00. The molecule has 224 valence electrons. The van der Waals surface area contributed by atoms with E-state index in [1.807, 2.05) is 23.0 Å².